The predicted octanol–water partition coefficient (Wildman–Crippen LogP) is 0.0221. The number of nitrogens with two attached hydrogens (primary N) is 1. The van der Waals surface area contributed by atoms with Gasteiger partial charge in [-0.1, -0.05) is 13.0 Å². The van der Waals surface area contributed by atoms with Gasteiger partial charge in [0, 0.05) is 12.7 Å². The molecule has 1 aromatic rings. The van der Waals surface area contributed by atoms with Crippen LogP contribution in [0.25, 0.3) is 0 Å². The summed E-state index contributed by atoms with van der Waals surface area (Å²) in [5.41, 5.74) is 7.03. The fourth-order valence-electron chi connectivity index (χ4n) is 1.36. The molecule has 90 valence electrons. The zero-order valence-corrected chi connectivity index (χ0v) is 10.1. The molecular formula is C10H17N3O2S. The van der Waals surface area contributed by atoms with E-state index in [0.29, 0.717) is 0 Å². The van der Waals surface area contributed by atoms with Crippen LogP contribution in [0.2, 0.25) is 0 Å². The average Bonchev–Trinajstić information content (AvgIpc) is 2.27. The summed E-state index contributed by atoms with van der Waals surface area (Å²) in [7, 11) is -3.27. The molecule has 1 aromatic heterocycles. The fraction of sp³-hybridized carbons (Fsp3) is 0.500. The molecule has 0 atom stereocenters. The Bertz CT molecular complexity index is 431. The molecule has 0 aromatic carbocycles. The lowest BCUT2D eigenvalue weighted by Crippen LogP contribution is -2.30. The Hall–Kier alpha value is -0.980. The molecule has 0 unspecified atom stereocenters. The van der Waals surface area contributed by atoms with E-state index < -0.39 is 10.0 Å². The first-order valence-corrected chi connectivity index (χ1v) is 6.84. The van der Waals surface area contributed by atoms with Crippen LogP contribution in [0.1, 0.15) is 18.2 Å². The summed E-state index contributed by atoms with van der Waals surface area (Å²) < 4.78 is 25.2. The Balaban J connectivity index is 2.68. The Morgan fingerprint density at radius 3 is 2.88 bits per heavy atom. The molecule has 1 rings (SSSR count). The summed E-state index contributed by atoms with van der Waals surface area (Å²) >= 11 is 0. The van der Waals surface area contributed by atoms with Crippen LogP contribution in [0.4, 0.5) is 0 Å². The van der Waals surface area contributed by atoms with Crippen molar-refractivity contribution in [3.8, 4) is 0 Å². The number of rotatable bonds is 6. The van der Waals surface area contributed by atoms with E-state index in [-0.39, 0.29) is 18.8 Å². The monoisotopic (exact) mass is 243 g/mol. The topological polar surface area (TPSA) is 85.1 Å². The van der Waals surface area contributed by atoms with Crippen LogP contribution in [0.15, 0.2) is 18.3 Å². The van der Waals surface area contributed by atoms with Crippen molar-refractivity contribution in [2.45, 2.75) is 19.9 Å². The van der Waals surface area contributed by atoms with Gasteiger partial charge < -0.3 is 5.73 Å². The van der Waals surface area contributed by atoms with Gasteiger partial charge in [0.2, 0.25) is 10.0 Å². The van der Waals surface area contributed by atoms with Crippen LogP contribution < -0.4 is 10.5 Å². The van der Waals surface area contributed by atoms with Crippen molar-refractivity contribution in [2.24, 2.45) is 5.73 Å². The van der Waals surface area contributed by atoms with E-state index in [2.05, 4.69) is 9.71 Å². The summed E-state index contributed by atoms with van der Waals surface area (Å²) in [4.78, 5) is 4.15. The van der Waals surface area contributed by atoms with Crippen LogP contribution >= 0.6 is 0 Å². The maximum atomic E-state index is 11.4. The number of sulfonamides is 1. The Labute approximate surface area is 96.1 Å². The van der Waals surface area contributed by atoms with Crippen LogP contribution in [0.3, 0.4) is 0 Å². The molecule has 0 bridgehead atoms. The number of pyridine rings is 1. The summed E-state index contributed by atoms with van der Waals surface area (Å²) in [5, 5.41) is 0. The Morgan fingerprint density at radius 1 is 1.50 bits per heavy atom. The summed E-state index contributed by atoms with van der Waals surface area (Å²) in [6.45, 7) is 2.36. The first-order valence-electron chi connectivity index (χ1n) is 5.19. The molecule has 0 aliphatic rings. The highest BCUT2D eigenvalue weighted by atomic mass is 32.2. The van der Waals surface area contributed by atoms with Gasteiger partial charge in [-0.2, -0.15) is 0 Å². The second-order valence-corrected chi connectivity index (χ2v) is 5.32. The van der Waals surface area contributed by atoms with Crippen LogP contribution in [-0.2, 0) is 23.0 Å². The number of aromatic nitrogens is 1. The summed E-state index contributed by atoms with van der Waals surface area (Å²) in [6.07, 6.45) is 2.49. The first kappa shape index (κ1) is 13.1. The molecule has 3 N–H and O–H groups in total. The minimum Gasteiger partial charge on any atom is -0.329 e. The lowest BCUT2D eigenvalue weighted by Gasteiger charge is -2.08. The van der Waals surface area contributed by atoms with Gasteiger partial charge in [-0.25, -0.2) is 13.1 Å². The lowest BCUT2D eigenvalue weighted by molar-refractivity contribution is 0.580. The molecule has 0 amide bonds. The van der Waals surface area contributed by atoms with E-state index in [1.807, 2.05) is 19.1 Å². The molecule has 16 heavy (non-hydrogen) atoms. The van der Waals surface area contributed by atoms with Crippen LogP contribution in [-0.4, -0.2) is 25.7 Å². The smallest absolute Gasteiger partial charge is 0.213 e. The molecule has 0 fully saturated rings. The van der Waals surface area contributed by atoms with Crippen LogP contribution in [0.5, 0.6) is 0 Å². The second-order valence-electron chi connectivity index (χ2n) is 3.39. The van der Waals surface area contributed by atoms with E-state index in [0.717, 1.165) is 17.7 Å². The van der Waals surface area contributed by atoms with Gasteiger partial charge in [0.25, 0.3) is 0 Å². The van der Waals surface area contributed by atoms with E-state index in [9.17, 15) is 8.42 Å². The van der Waals surface area contributed by atoms with E-state index in [1.54, 1.807) is 6.20 Å². The number of aryl methyl sites for hydroxylation is 1. The molecule has 1 heterocycles. The van der Waals surface area contributed by atoms with Crippen molar-refractivity contribution >= 4 is 10.0 Å². The number of hydrogen-bond donors (Lipinski definition) is 2. The normalized spacial score (nSPS) is 11.6. The average molecular weight is 243 g/mol. The maximum Gasteiger partial charge on any atom is 0.213 e. The fourth-order valence-corrected chi connectivity index (χ4v) is 2.17. The second kappa shape index (κ2) is 5.93. The van der Waals surface area contributed by atoms with Gasteiger partial charge >= 0.3 is 0 Å². The van der Waals surface area contributed by atoms with Gasteiger partial charge in [-0.15, -0.1) is 0 Å². The number of hydrogen-bond acceptors (Lipinski definition) is 4. The van der Waals surface area contributed by atoms with Crippen molar-refractivity contribution in [1.29, 1.82) is 0 Å². The van der Waals surface area contributed by atoms with Crippen molar-refractivity contribution in [1.82, 2.24) is 9.71 Å². The minimum absolute atomic E-state index is 0.0543. The third-order valence-corrected chi connectivity index (χ3v) is 3.57. The number of nitrogens with zero attached hydrogens (tertiary/aromatic N) is 1. The van der Waals surface area contributed by atoms with E-state index >= 15 is 0 Å². The van der Waals surface area contributed by atoms with Gasteiger partial charge in [0.15, 0.2) is 0 Å². The predicted molar refractivity (Wildman–Crippen MR) is 63.3 cm³/mol. The van der Waals surface area contributed by atoms with Crippen LogP contribution in [0, 0.1) is 0 Å². The molecule has 5 nitrogen and oxygen atoms in total. The Morgan fingerprint density at radius 2 is 2.25 bits per heavy atom. The molecule has 0 aliphatic carbocycles. The highest BCUT2D eigenvalue weighted by molar-refractivity contribution is 7.89. The highest BCUT2D eigenvalue weighted by Crippen LogP contribution is 2.05. The third-order valence-electron chi connectivity index (χ3n) is 2.21. The zero-order valence-electron chi connectivity index (χ0n) is 9.31. The van der Waals surface area contributed by atoms with E-state index in [4.69, 9.17) is 5.73 Å². The minimum atomic E-state index is -3.27. The molecule has 0 aliphatic heterocycles. The van der Waals surface area contributed by atoms with Gasteiger partial charge in [0.05, 0.1) is 18.0 Å². The highest BCUT2D eigenvalue weighted by Gasteiger charge is 2.09. The molecule has 0 spiro atoms. The van der Waals surface area contributed by atoms with E-state index in [1.165, 1.54) is 0 Å². The summed E-state index contributed by atoms with van der Waals surface area (Å²) in [6, 6.07) is 3.79. The van der Waals surface area contributed by atoms with Crippen molar-refractivity contribution in [3.63, 3.8) is 0 Å². The SMILES string of the molecule is CCc1cccnc1CNS(=O)(=O)CCN. The first-order chi connectivity index (χ1) is 7.59. The third kappa shape index (κ3) is 3.88. The van der Waals surface area contributed by atoms with Crippen molar-refractivity contribution in [2.75, 3.05) is 12.3 Å². The molecule has 0 saturated heterocycles. The van der Waals surface area contributed by atoms with Crippen molar-refractivity contribution < 1.29 is 8.42 Å². The zero-order chi connectivity index (χ0) is 12.0. The molecule has 0 saturated carbocycles. The molecule has 6 heteroatoms. The maximum absolute atomic E-state index is 11.4. The quantitative estimate of drug-likeness (QED) is 0.737. The largest absolute Gasteiger partial charge is 0.329 e. The molecule has 0 radical (unpaired) electrons. The van der Waals surface area contributed by atoms with Gasteiger partial charge in [-0.05, 0) is 18.1 Å². The summed E-state index contributed by atoms with van der Waals surface area (Å²) in [5.74, 6) is -0.0543. The standard InChI is InChI=1S/C10H17N3O2S/c1-2-9-4-3-6-12-10(9)8-13-16(14,15)7-5-11/h3-4,6,13H,2,5,7-8,11H2,1H3. The van der Waals surface area contributed by atoms with Gasteiger partial charge in [0.1, 0.15) is 0 Å². The van der Waals surface area contributed by atoms with Crippen molar-refractivity contribution in [3.05, 3.63) is 29.6 Å². The number of nitrogens with one attached hydrogen (secondary N) is 1. The molecular weight excluding hydrogens is 226 g/mol. The lowest BCUT2D eigenvalue weighted by atomic mass is 10.1. The van der Waals surface area contributed by atoms with Gasteiger partial charge in [-0.3, -0.25) is 4.98 Å². The Kier molecular flexibility index (Phi) is 4.85.